The number of nitrogens with zero attached hydrogens (tertiary/aromatic N) is 4. The van der Waals surface area contributed by atoms with Crippen LogP contribution < -0.4 is 0 Å². The number of benzene rings is 5. The average molecular weight is 693 g/mol. The van der Waals surface area contributed by atoms with Gasteiger partial charge in [-0.2, -0.15) is 0 Å². The molecule has 4 nitrogen and oxygen atoms in total. The second-order valence-electron chi connectivity index (χ2n) is 15.1. The molecule has 0 aromatic heterocycles. The number of hydrogen-bond acceptors (Lipinski definition) is 4. The van der Waals surface area contributed by atoms with Gasteiger partial charge < -0.3 is 0 Å². The Bertz CT molecular complexity index is 1630. The Labute approximate surface area is 314 Å². The van der Waals surface area contributed by atoms with Gasteiger partial charge in [-0.25, -0.2) is 0 Å². The molecule has 0 aliphatic carbocycles. The molecule has 5 aromatic rings. The monoisotopic (exact) mass is 692 g/mol. The Morgan fingerprint density at radius 2 is 0.577 bits per heavy atom. The summed E-state index contributed by atoms with van der Waals surface area (Å²) in [5, 5.41) is 0. The smallest absolute Gasteiger partial charge is 0.0242 e. The van der Waals surface area contributed by atoms with Gasteiger partial charge in [0.2, 0.25) is 0 Å². The highest BCUT2D eigenvalue weighted by atomic mass is 15.2. The fourth-order valence-corrected chi connectivity index (χ4v) is 8.04. The maximum atomic E-state index is 2.71. The summed E-state index contributed by atoms with van der Waals surface area (Å²) < 4.78 is 0. The lowest BCUT2D eigenvalue weighted by Gasteiger charge is -2.32. The lowest BCUT2D eigenvalue weighted by Crippen LogP contribution is -2.38. The lowest BCUT2D eigenvalue weighted by molar-refractivity contribution is 0.168. The van der Waals surface area contributed by atoms with Crippen LogP contribution in [0, 0.1) is 27.7 Å². The fourth-order valence-electron chi connectivity index (χ4n) is 8.04. The van der Waals surface area contributed by atoms with Crippen LogP contribution in [0.4, 0.5) is 0 Å². The topological polar surface area (TPSA) is 13.0 Å². The van der Waals surface area contributed by atoms with Crippen molar-refractivity contribution in [1.29, 1.82) is 0 Å². The zero-order valence-electron chi connectivity index (χ0n) is 32.2. The second-order valence-corrected chi connectivity index (χ2v) is 15.1. The Hall–Kier alpha value is -4.06. The predicted octanol–water partition coefficient (Wildman–Crippen LogP) is 9.72. The van der Waals surface area contributed by atoms with Gasteiger partial charge in [-0.3, -0.25) is 19.6 Å². The minimum atomic E-state index is 0.966. The molecule has 0 radical (unpaired) electrons. The third-order valence-electron chi connectivity index (χ3n) is 11.3. The number of hydrogen-bond donors (Lipinski definition) is 0. The summed E-state index contributed by atoms with van der Waals surface area (Å²) >= 11 is 0. The molecular formula is C48H60N4. The molecule has 0 atom stereocenters. The Morgan fingerprint density at radius 3 is 0.865 bits per heavy atom. The van der Waals surface area contributed by atoms with E-state index in [-0.39, 0.29) is 0 Å². The van der Waals surface area contributed by atoms with Crippen LogP contribution in [0.15, 0.2) is 121 Å². The minimum absolute atomic E-state index is 0.966. The predicted molar refractivity (Wildman–Crippen MR) is 219 cm³/mol. The number of rotatable bonds is 8. The van der Waals surface area contributed by atoms with Gasteiger partial charge in [0, 0.05) is 65.4 Å². The molecule has 2 aliphatic rings. The third-order valence-corrected chi connectivity index (χ3v) is 11.3. The summed E-state index contributed by atoms with van der Waals surface area (Å²) in [5.74, 6) is 0. The van der Waals surface area contributed by atoms with Gasteiger partial charge in [0.1, 0.15) is 0 Å². The molecule has 272 valence electrons. The molecule has 0 amide bonds. The van der Waals surface area contributed by atoms with Crippen LogP contribution in [0.1, 0.15) is 68.5 Å². The molecule has 5 aromatic carbocycles. The van der Waals surface area contributed by atoms with Crippen molar-refractivity contribution in [3.63, 3.8) is 0 Å². The molecule has 0 saturated heterocycles. The van der Waals surface area contributed by atoms with Crippen molar-refractivity contribution in [3.8, 4) is 0 Å². The molecule has 4 heteroatoms. The standard InChI is InChI=1S/C48H60N4/c1-39-40(2)48-38-52(36-46-25-15-8-16-26-46)30-18-28-50(34-44-21-11-6-12-22-44)32-31-49(33-43-19-9-5-10-20-43)27-17-29-51(35-45-23-13-7-14-24-45)37-47(39)41(3)42(48)4/h5-16,19-26H,17-18,27-38H2,1-4H3. The molecule has 2 heterocycles. The van der Waals surface area contributed by atoms with Crippen LogP contribution in [-0.2, 0) is 39.3 Å². The largest absolute Gasteiger partial charge is 0.298 e. The third kappa shape index (κ3) is 10.7. The molecule has 0 fully saturated rings. The van der Waals surface area contributed by atoms with Crippen LogP contribution in [0.2, 0.25) is 0 Å². The van der Waals surface area contributed by atoms with Crippen LogP contribution >= 0.6 is 0 Å². The Morgan fingerprint density at radius 1 is 0.327 bits per heavy atom. The average Bonchev–Trinajstić information content (AvgIpc) is 3.17. The molecular weight excluding hydrogens is 633 g/mol. The summed E-state index contributed by atoms with van der Waals surface area (Å²) in [5.41, 5.74) is 14.5. The van der Waals surface area contributed by atoms with Gasteiger partial charge >= 0.3 is 0 Å². The summed E-state index contributed by atoms with van der Waals surface area (Å²) in [7, 11) is 0. The number of fused-ring (bicyclic) bond motifs is 15. The first-order valence-electron chi connectivity index (χ1n) is 19.6. The van der Waals surface area contributed by atoms with Gasteiger partial charge in [0.15, 0.2) is 0 Å². The van der Waals surface area contributed by atoms with Gasteiger partial charge in [-0.05, 0) is 109 Å². The highest BCUT2D eigenvalue weighted by Gasteiger charge is 2.21. The van der Waals surface area contributed by atoms with E-state index in [9.17, 15) is 0 Å². The van der Waals surface area contributed by atoms with Crippen LogP contribution in [0.3, 0.4) is 0 Å². The first-order valence-corrected chi connectivity index (χ1v) is 19.6. The lowest BCUT2D eigenvalue weighted by atomic mass is 9.88. The SMILES string of the molecule is Cc1c(C)c2c(C)c(C)c1CN(Cc1ccccc1)CCCN(Cc1ccccc1)CCN(Cc1ccccc1)CCCN(Cc1ccccc1)C2. The summed E-state index contributed by atoms with van der Waals surface area (Å²) in [6.45, 7) is 21.8. The molecule has 2 aliphatic heterocycles. The van der Waals surface area contributed by atoms with E-state index in [4.69, 9.17) is 0 Å². The van der Waals surface area contributed by atoms with E-state index >= 15 is 0 Å². The zero-order chi connectivity index (χ0) is 36.1. The summed E-state index contributed by atoms with van der Waals surface area (Å²) in [6, 6.07) is 44.3. The van der Waals surface area contributed by atoms with E-state index in [1.807, 2.05) is 0 Å². The van der Waals surface area contributed by atoms with E-state index in [2.05, 4.69) is 169 Å². The van der Waals surface area contributed by atoms with Gasteiger partial charge in [-0.1, -0.05) is 121 Å². The molecule has 2 bridgehead atoms. The quantitative estimate of drug-likeness (QED) is 0.161. The van der Waals surface area contributed by atoms with Gasteiger partial charge in [0.25, 0.3) is 0 Å². The van der Waals surface area contributed by atoms with E-state index < -0.39 is 0 Å². The van der Waals surface area contributed by atoms with Crippen molar-refractivity contribution >= 4 is 0 Å². The van der Waals surface area contributed by atoms with Crippen molar-refractivity contribution in [2.24, 2.45) is 0 Å². The molecule has 0 unspecified atom stereocenters. The highest BCUT2D eigenvalue weighted by molar-refractivity contribution is 5.50. The van der Waals surface area contributed by atoms with Crippen molar-refractivity contribution < 1.29 is 0 Å². The van der Waals surface area contributed by atoms with Crippen molar-refractivity contribution in [1.82, 2.24) is 19.6 Å². The zero-order valence-corrected chi connectivity index (χ0v) is 32.2. The molecule has 0 spiro atoms. The van der Waals surface area contributed by atoms with E-state index in [0.29, 0.717) is 0 Å². The Balaban J connectivity index is 1.33. The minimum Gasteiger partial charge on any atom is -0.298 e. The first kappa shape index (κ1) is 37.7. The van der Waals surface area contributed by atoms with Crippen molar-refractivity contribution in [2.75, 3.05) is 39.3 Å². The highest BCUT2D eigenvalue weighted by Crippen LogP contribution is 2.30. The fraction of sp³-hybridized carbons (Fsp3) is 0.375. The second kappa shape index (κ2) is 19.1. The molecule has 0 N–H and O–H groups in total. The summed E-state index contributed by atoms with van der Waals surface area (Å²) in [6.07, 6.45) is 2.28. The maximum absolute atomic E-state index is 2.71. The van der Waals surface area contributed by atoms with Crippen LogP contribution in [0.5, 0.6) is 0 Å². The molecule has 0 saturated carbocycles. The summed E-state index contributed by atoms with van der Waals surface area (Å²) in [4.78, 5) is 10.8. The van der Waals surface area contributed by atoms with Crippen molar-refractivity contribution in [3.05, 3.63) is 177 Å². The van der Waals surface area contributed by atoms with E-state index in [0.717, 1.165) is 91.4 Å². The maximum Gasteiger partial charge on any atom is 0.0242 e. The van der Waals surface area contributed by atoms with Crippen LogP contribution in [-0.4, -0.2) is 58.9 Å². The Kier molecular flexibility index (Phi) is 13.9. The van der Waals surface area contributed by atoms with Gasteiger partial charge in [0.05, 0.1) is 0 Å². The van der Waals surface area contributed by atoms with Crippen molar-refractivity contribution in [2.45, 2.75) is 79.8 Å². The first-order chi connectivity index (χ1) is 25.4. The molecule has 7 rings (SSSR count). The van der Waals surface area contributed by atoms with Gasteiger partial charge in [-0.15, -0.1) is 0 Å². The molecule has 52 heavy (non-hydrogen) atoms. The van der Waals surface area contributed by atoms with E-state index in [1.54, 1.807) is 0 Å². The van der Waals surface area contributed by atoms with Crippen LogP contribution in [0.25, 0.3) is 0 Å². The van der Waals surface area contributed by atoms with E-state index in [1.165, 1.54) is 55.6 Å². The normalized spacial score (nSPS) is 16.5.